The highest BCUT2D eigenvalue weighted by Gasteiger charge is 2.15. The molecule has 7 heteroatoms. The number of thiocarbonyl (C=S) groups is 1. The molecule has 2 aromatic carbocycles. The van der Waals surface area contributed by atoms with Crippen molar-refractivity contribution in [2.24, 2.45) is 0 Å². The summed E-state index contributed by atoms with van der Waals surface area (Å²) < 4.78 is 24.7. The minimum absolute atomic E-state index is 0.0379. The van der Waals surface area contributed by atoms with Crippen LogP contribution in [0.5, 0.6) is 0 Å². The standard InChI is InChI=1S/C21H29N3O2S2/c1-15(16-10-12-17(13-11-16)21(2,3)4)22-20(27)23-18-8-7-9-19(14-18)24(5)28(6,25)26/h7-15H,1-6H3,(H2,22,23,27)/t15-/m0/s1. The molecule has 0 saturated carbocycles. The molecule has 0 saturated heterocycles. The van der Waals surface area contributed by atoms with E-state index in [9.17, 15) is 8.42 Å². The molecule has 2 aromatic rings. The highest BCUT2D eigenvalue weighted by Crippen LogP contribution is 2.24. The highest BCUT2D eigenvalue weighted by molar-refractivity contribution is 7.92. The van der Waals surface area contributed by atoms with Gasteiger partial charge in [0.1, 0.15) is 0 Å². The van der Waals surface area contributed by atoms with Crippen LogP contribution in [0.15, 0.2) is 48.5 Å². The number of nitrogens with zero attached hydrogens (tertiary/aromatic N) is 1. The molecule has 2 N–H and O–H groups in total. The lowest BCUT2D eigenvalue weighted by Gasteiger charge is -2.22. The fraction of sp³-hybridized carbons (Fsp3) is 0.381. The van der Waals surface area contributed by atoms with Gasteiger partial charge in [0, 0.05) is 12.7 Å². The molecular weight excluding hydrogens is 390 g/mol. The molecule has 5 nitrogen and oxygen atoms in total. The summed E-state index contributed by atoms with van der Waals surface area (Å²) in [5, 5.41) is 6.87. The van der Waals surface area contributed by atoms with Crippen LogP contribution < -0.4 is 14.9 Å². The Hall–Kier alpha value is -2.12. The monoisotopic (exact) mass is 419 g/mol. The van der Waals surface area contributed by atoms with Gasteiger partial charge in [0.2, 0.25) is 10.0 Å². The van der Waals surface area contributed by atoms with Gasteiger partial charge < -0.3 is 10.6 Å². The molecule has 152 valence electrons. The minimum Gasteiger partial charge on any atom is -0.356 e. The smallest absolute Gasteiger partial charge is 0.231 e. The lowest BCUT2D eigenvalue weighted by Crippen LogP contribution is -2.31. The van der Waals surface area contributed by atoms with Gasteiger partial charge >= 0.3 is 0 Å². The molecule has 0 aromatic heterocycles. The van der Waals surface area contributed by atoms with Crippen molar-refractivity contribution < 1.29 is 8.42 Å². The van der Waals surface area contributed by atoms with Gasteiger partial charge in [-0.2, -0.15) is 0 Å². The molecule has 0 spiro atoms. The lowest BCUT2D eigenvalue weighted by molar-refractivity contribution is 0.589. The molecule has 1 atom stereocenters. The third-order valence-electron chi connectivity index (χ3n) is 4.59. The van der Waals surface area contributed by atoms with Gasteiger partial charge in [0.15, 0.2) is 5.11 Å². The molecule has 0 aliphatic carbocycles. The third-order valence-corrected chi connectivity index (χ3v) is 6.02. The van der Waals surface area contributed by atoms with Gasteiger partial charge in [-0.1, -0.05) is 51.1 Å². The van der Waals surface area contributed by atoms with E-state index < -0.39 is 10.0 Å². The van der Waals surface area contributed by atoms with Crippen molar-refractivity contribution in [2.45, 2.75) is 39.2 Å². The van der Waals surface area contributed by atoms with Crippen LogP contribution in [-0.4, -0.2) is 26.8 Å². The summed E-state index contributed by atoms with van der Waals surface area (Å²) in [4.78, 5) is 0. The number of benzene rings is 2. The molecule has 2 rings (SSSR count). The molecule has 0 aliphatic heterocycles. The Morgan fingerprint density at radius 2 is 1.71 bits per heavy atom. The quantitative estimate of drug-likeness (QED) is 0.702. The van der Waals surface area contributed by atoms with Crippen LogP contribution in [0.1, 0.15) is 44.9 Å². The van der Waals surface area contributed by atoms with Crippen molar-refractivity contribution in [2.75, 3.05) is 22.9 Å². The van der Waals surface area contributed by atoms with Crippen molar-refractivity contribution >= 4 is 38.7 Å². The molecule has 28 heavy (non-hydrogen) atoms. The van der Waals surface area contributed by atoms with E-state index in [1.807, 2.05) is 13.0 Å². The van der Waals surface area contributed by atoms with Gasteiger partial charge in [0.05, 0.1) is 18.0 Å². The first-order valence-corrected chi connectivity index (χ1v) is 11.4. The van der Waals surface area contributed by atoms with E-state index in [0.717, 1.165) is 11.3 Å². The van der Waals surface area contributed by atoms with Gasteiger partial charge in [-0.05, 0) is 53.9 Å². The fourth-order valence-corrected chi connectivity index (χ4v) is 3.48. The second-order valence-electron chi connectivity index (χ2n) is 7.97. The maximum atomic E-state index is 11.7. The van der Waals surface area contributed by atoms with E-state index >= 15 is 0 Å². The number of rotatable bonds is 5. The summed E-state index contributed by atoms with van der Waals surface area (Å²) in [6.07, 6.45) is 1.17. The maximum absolute atomic E-state index is 11.7. The van der Waals surface area contributed by atoms with Crippen LogP contribution in [-0.2, 0) is 15.4 Å². The minimum atomic E-state index is -3.31. The average molecular weight is 420 g/mol. The Bertz CT molecular complexity index is 933. The summed E-state index contributed by atoms with van der Waals surface area (Å²) >= 11 is 5.43. The lowest BCUT2D eigenvalue weighted by atomic mass is 9.86. The predicted molar refractivity (Wildman–Crippen MR) is 123 cm³/mol. The number of anilines is 2. The van der Waals surface area contributed by atoms with E-state index in [-0.39, 0.29) is 11.5 Å². The van der Waals surface area contributed by atoms with Crippen molar-refractivity contribution in [1.29, 1.82) is 0 Å². The Morgan fingerprint density at radius 1 is 1.11 bits per heavy atom. The van der Waals surface area contributed by atoms with Crippen molar-refractivity contribution in [3.63, 3.8) is 0 Å². The first-order chi connectivity index (χ1) is 12.9. The third kappa shape index (κ3) is 5.94. The van der Waals surface area contributed by atoms with E-state index in [1.54, 1.807) is 18.2 Å². The SMILES string of the molecule is C[C@H](NC(=S)Nc1cccc(N(C)S(C)(=O)=O)c1)c1ccc(C(C)(C)C)cc1. The maximum Gasteiger partial charge on any atom is 0.231 e. The van der Waals surface area contributed by atoms with E-state index in [2.05, 4.69) is 55.7 Å². The summed E-state index contributed by atoms with van der Waals surface area (Å²) in [6, 6.07) is 15.7. The molecule has 0 fully saturated rings. The Labute approximate surface area is 174 Å². The highest BCUT2D eigenvalue weighted by atomic mass is 32.2. The van der Waals surface area contributed by atoms with Gasteiger partial charge in [-0.3, -0.25) is 4.31 Å². The predicted octanol–water partition coefficient (Wildman–Crippen LogP) is 4.43. The van der Waals surface area contributed by atoms with Crippen LogP contribution in [0.2, 0.25) is 0 Å². The molecular formula is C21H29N3O2S2. The number of hydrogen-bond acceptors (Lipinski definition) is 3. The zero-order chi connectivity index (χ0) is 21.1. The summed E-state index contributed by atoms with van der Waals surface area (Å²) in [5.41, 5.74) is 3.84. The average Bonchev–Trinajstić information content (AvgIpc) is 2.59. The summed E-state index contributed by atoms with van der Waals surface area (Å²) in [7, 11) is -1.79. The van der Waals surface area contributed by atoms with Crippen LogP contribution in [0, 0.1) is 0 Å². The first kappa shape index (κ1) is 22.2. The van der Waals surface area contributed by atoms with E-state index in [4.69, 9.17) is 12.2 Å². The van der Waals surface area contributed by atoms with Gasteiger partial charge in [-0.15, -0.1) is 0 Å². The Balaban J connectivity index is 2.04. The first-order valence-electron chi connectivity index (χ1n) is 9.10. The Kier molecular flexibility index (Phi) is 6.72. The second kappa shape index (κ2) is 8.49. The largest absolute Gasteiger partial charge is 0.356 e. The summed E-state index contributed by atoms with van der Waals surface area (Å²) in [6.45, 7) is 8.63. The number of nitrogens with one attached hydrogen (secondary N) is 2. The molecule has 0 unspecified atom stereocenters. The Morgan fingerprint density at radius 3 is 2.25 bits per heavy atom. The topological polar surface area (TPSA) is 61.4 Å². The van der Waals surface area contributed by atoms with E-state index in [1.165, 1.54) is 23.2 Å². The van der Waals surface area contributed by atoms with Crippen LogP contribution in [0.3, 0.4) is 0 Å². The molecule has 0 amide bonds. The zero-order valence-electron chi connectivity index (χ0n) is 17.3. The van der Waals surface area contributed by atoms with Crippen LogP contribution in [0.4, 0.5) is 11.4 Å². The van der Waals surface area contributed by atoms with Crippen molar-refractivity contribution in [1.82, 2.24) is 5.32 Å². The molecule has 0 heterocycles. The molecule has 0 aliphatic rings. The fourth-order valence-electron chi connectivity index (χ4n) is 2.69. The molecule has 0 bridgehead atoms. The number of hydrogen-bond donors (Lipinski definition) is 2. The summed E-state index contributed by atoms with van der Waals surface area (Å²) in [5.74, 6) is 0. The molecule has 0 radical (unpaired) electrons. The van der Waals surface area contributed by atoms with E-state index in [0.29, 0.717) is 10.8 Å². The van der Waals surface area contributed by atoms with Crippen molar-refractivity contribution in [3.05, 3.63) is 59.7 Å². The van der Waals surface area contributed by atoms with Gasteiger partial charge in [-0.25, -0.2) is 8.42 Å². The second-order valence-corrected chi connectivity index (χ2v) is 10.4. The van der Waals surface area contributed by atoms with Crippen LogP contribution >= 0.6 is 12.2 Å². The number of sulfonamides is 1. The normalized spacial score (nSPS) is 12.9. The van der Waals surface area contributed by atoms with Gasteiger partial charge in [0.25, 0.3) is 0 Å². The zero-order valence-corrected chi connectivity index (χ0v) is 18.9. The van der Waals surface area contributed by atoms with Crippen molar-refractivity contribution in [3.8, 4) is 0 Å². The van der Waals surface area contributed by atoms with Crippen LogP contribution in [0.25, 0.3) is 0 Å².